The molecule has 0 radical (unpaired) electrons. The molecule has 204 valence electrons. The predicted molar refractivity (Wildman–Crippen MR) is 135 cm³/mol. The zero-order valence-electron chi connectivity index (χ0n) is 20.1. The smallest absolute Gasteiger partial charge is 0.287 e. The Hall–Kier alpha value is -2.75. The van der Waals surface area contributed by atoms with Crippen LogP contribution in [-0.4, -0.2) is 51.6 Å². The van der Waals surface area contributed by atoms with Crippen LogP contribution >= 0.6 is 11.3 Å². The van der Waals surface area contributed by atoms with Crippen LogP contribution < -0.4 is 10.0 Å². The first-order valence-electron chi connectivity index (χ1n) is 11.8. The molecule has 2 aromatic rings. The van der Waals surface area contributed by atoms with Gasteiger partial charge in [0.15, 0.2) is 23.3 Å². The van der Waals surface area contributed by atoms with Gasteiger partial charge in [0.1, 0.15) is 15.7 Å². The number of carbonyl (C=O) groups excluding carboxylic acids is 2. The van der Waals surface area contributed by atoms with Crippen molar-refractivity contribution in [1.29, 1.82) is 0 Å². The number of benzene rings is 1. The number of amidine groups is 1. The van der Waals surface area contributed by atoms with E-state index in [9.17, 15) is 35.2 Å². The normalized spacial score (nSPS) is 24.9. The number of nitrogens with one attached hydrogen (secondary N) is 2. The van der Waals surface area contributed by atoms with Crippen LogP contribution in [0.3, 0.4) is 0 Å². The minimum absolute atomic E-state index is 0.0768. The highest BCUT2D eigenvalue weighted by Gasteiger charge is 2.51. The molecule has 2 fully saturated rings. The largest absolute Gasteiger partial charge is 0.334 e. The quantitative estimate of drug-likeness (QED) is 0.495. The third-order valence-corrected chi connectivity index (χ3v) is 10.1. The van der Waals surface area contributed by atoms with Crippen LogP contribution in [0.4, 0.5) is 13.8 Å². The Bertz CT molecular complexity index is 1570. The maximum absolute atomic E-state index is 13.9. The maximum Gasteiger partial charge on any atom is 0.287 e. The highest BCUT2D eigenvalue weighted by Crippen LogP contribution is 2.41. The molecule has 0 bridgehead atoms. The molecule has 1 aliphatic carbocycles. The SMILES string of the molecule is CS(=O)(=O)NCc1csc2c1S(=O)(=O)N=C(C1C(=O)[C@H]3CCCC[C@H]3N(Cc3ccc(F)c(F)c3)C1=O)N2. The van der Waals surface area contributed by atoms with E-state index in [4.69, 9.17) is 0 Å². The molecule has 1 amide bonds. The van der Waals surface area contributed by atoms with E-state index in [2.05, 4.69) is 14.4 Å². The van der Waals surface area contributed by atoms with Gasteiger partial charge < -0.3 is 10.2 Å². The van der Waals surface area contributed by atoms with Crippen molar-refractivity contribution in [2.45, 2.75) is 49.7 Å². The first-order valence-corrected chi connectivity index (χ1v) is 16.0. The Labute approximate surface area is 222 Å². The monoisotopic (exact) mass is 586 g/mol. The van der Waals surface area contributed by atoms with Gasteiger partial charge >= 0.3 is 0 Å². The average Bonchev–Trinajstić information content (AvgIpc) is 3.26. The van der Waals surface area contributed by atoms with Gasteiger partial charge in [0, 0.05) is 30.6 Å². The molecule has 2 N–H and O–H groups in total. The minimum Gasteiger partial charge on any atom is -0.334 e. The Morgan fingerprint density at radius 1 is 1.18 bits per heavy atom. The van der Waals surface area contributed by atoms with Gasteiger partial charge in [0.25, 0.3) is 10.0 Å². The lowest BCUT2D eigenvalue weighted by molar-refractivity contribution is -0.152. The fourth-order valence-corrected chi connectivity index (χ4v) is 8.35. The number of sulfonamides is 2. The van der Waals surface area contributed by atoms with Crippen LogP contribution in [0.2, 0.25) is 0 Å². The van der Waals surface area contributed by atoms with Crippen LogP contribution in [0.25, 0.3) is 0 Å². The number of hydrogen-bond acceptors (Lipinski definition) is 8. The van der Waals surface area contributed by atoms with E-state index < -0.39 is 61.2 Å². The molecule has 1 saturated carbocycles. The second kappa shape index (κ2) is 9.77. The van der Waals surface area contributed by atoms with Crippen molar-refractivity contribution in [3.63, 3.8) is 0 Å². The summed E-state index contributed by atoms with van der Waals surface area (Å²) < 4.78 is 82.7. The van der Waals surface area contributed by atoms with Gasteiger partial charge in [-0.15, -0.1) is 15.7 Å². The third-order valence-electron chi connectivity index (χ3n) is 6.98. The van der Waals surface area contributed by atoms with Gasteiger partial charge in [-0.1, -0.05) is 18.9 Å². The minimum atomic E-state index is -4.37. The fraction of sp³-hybridized carbons (Fsp3) is 0.435. The first-order chi connectivity index (χ1) is 17.9. The summed E-state index contributed by atoms with van der Waals surface area (Å²) in [5.74, 6) is -5.56. The standard InChI is InChI=1S/C23H24F2N4O6S3/c1-37(32,33)26-9-13-11-36-22-20(13)38(34,35)28-21(27-22)18-19(30)14-4-2-3-5-17(14)29(23(18)31)10-12-6-7-15(24)16(25)8-12/h6-8,11,14,17-18,26H,2-5,9-10H2,1H3,(H,27,28)/t14-,17+,18?/m0/s1. The lowest BCUT2D eigenvalue weighted by atomic mass is 9.73. The number of thiophene rings is 1. The number of halogens is 2. The van der Waals surface area contributed by atoms with Crippen molar-refractivity contribution in [1.82, 2.24) is 9.62 Å². The number of hydrogen-bond donors (Lipinski definition) is 2. The molecule has 0 spiro atoms. The van der Waals surface area contributed by atoms with Crippen molar-refractivity contribution in [2.24, 2.45) is 16.2 Å². The number of anilines is 1. The van der Waals surface area contributed by atoms with Crippen molar-refractivity contribution in [2.75, 3.05) is 11.6 Å². The van der Waals surface area contributed by atoms with Crippen LogP contribution in [0.5, 0.6) is 0 Å². The van der Waals surface area contributed by atoms with Gasteiger partial charge in [-0.05, 0) is 35.9 Å². The Balaban J connectivity index is 1.49. The number of amides is 1. The molecule has 5 rings (SSSR count). The summed E-state index contributed by atoms with van der Waals surface area (Å²) in [7, 11) is -7.96. The molecule has 1 unspecified atom stereocenters. The summed E-state index contributed by atoms with van der Waals surface area (Å²) in [5.41, 5.74) is 0.517. The van der Waals surface area contributed by atoms with Crippen molar-refractivity contribution in [3.05, 3.63) is 46.3 Å². The van der Waals surface area contributed by atoms with E-state index in [0.717, 1.165) is 42.6 Å². The van der Waals surface area contributed by atoms with Crippen molar-refractivity contribution < 1.29 is 35.2 Å². The van der Waals surface area contributed by atoms with Crippen LogP contribution in [0, 0.1) is 23.5 Å². The molecule has 1 saturated heterocycles. The fourth-order valence-electron chi connectivity index (χ4n) is 5.28. The number of ketones is 1. The van der Waals surface area contributed by atoms with Gasteiger partial charge in [0.2, 0.25) is 15.9 Å². The average molecular weight is 587 g/mol. The number of piperidine rings is 1. The second-order valence-corrected chi connectivity index (χ2v) is 13.9. The molecule has 1 aromatic heterocycles. The molecule has 10 nitrogen and oxygen atoms in total. The van der Waals surface area contributed by atoms with E-state index in [-0.39, 0.29) is 34.4 Å². The zero-order chi connectivity index (χ0) is 27.4. The molecule has 15 heteroatoms. The zero-order valence-corrected chi connectivity index (χ0v) is 22.6. The Kier molecular flexibility index (Phi) is 6.90. The van der Waals surface area contributed by atoms with Crippen LogP contribution in [-0.2, 0) is 42.7 Å². The molecule has 3 heterocycles. The predicted octanol–water partition coefficient (Wildman–Crippen LogP) is 2.37. The number of rotatable bonds is 6. The molecular weight excluding hydrogens is 562 g/mol. The van der Waals surface area contributed by atoms with E-state index >= 15 is 0 Å². The first kappa shape index (κ1) is 26.8. The Morgan fingerprint density at radius 2 is 1.92 bits per heavy atom. The summed E-state index contributed by atoms with van der Waals surface area (Å²) >= 11 is 0.985. The van der Waals surface area contributed by atoms with Gasteiger partial charge in [-0.3, -0.25) is 9.59 Å². The van der Waals surface area contributed by atoms with E-state index in [1.807, 2.05) is 0 Å². The topological polar surface area (TPSA) is 142 Å². The summed E-state index contributed by atoms with van der Waals surface area (Å²) in [6, 6.07) is 2.88. The van der Waals surface area contributed by atoms with E-state index in [1.165, 1.54) is 16.3 Å². The third kappa shape index (κ3) is 4.99. The summed E-state index contributed by atoms with van der Waals surface area (Å²) in [6.45, 7) is -0.351. The van der Waals surface area contributed by atoms with Gasteiger partial charge in [-0.2, -0.15) is 8.42 Å². The number of nitrogens with zero attached hydrogens (tertiary/aromatic N) is 2. The summed E-state index contributed by atoms with van der Waals surface area (Å²) in [5, 5.41) is 4.42. The lowest BCUT2D eigenvalue weighted by Crippen LogP contribution is -2.60. The number of likely N-dealkylation sites (tertiary alicyclic amines) is 1. The molecular formula is C23H24F2N4O6S3. The molecule has 3 aliphatic rings. The van der Waals surface area contributed by atoms with E-state index in [1.54, 1.807) is 0 Å². The number of Topliss-reactive ketones (excluding diaryl/α,β-unsaturated/α-hetero) is 1. The highest BCUT2D eigenvalue weighted by atomic mass is 32.2. The lowest BCUT2D eigenvalue weighted by Gasteiger charge is -2.46. The van der Waals surface area contributed by atoms with Gasteiger partial charge in [-0.25, -0.2) is 21.9 Å². The Morgan fingerprint density at radius 3 is 2.63 bits per heavy atom. The van der Waals surface area contributed by atoms with Gasteiger partial charge in [0.05, 0.1) is 6.26 Å². The molecule has 38 heavy (non-hydrogen) atoms. The summed E-state index contributed by atoms with van der Waals surface area (Å²) in [4.78, 5) is 28.5. The highest BCUT2D eigenvalue weighted by molar-refractivity contribution is 7.91. The molecule has 2 aliphatic heterocycles. The van der Waals surface area contributed by atoms with Crippen molar-refractivity contribution >= 4 is 53.9 Å². The number of fused-ring (bicyclic) bond motifs is 2. The maximum atomic E-state index is 13.9. The van der Waals surface area contributed by atoms with Crippen LogP contribution in [0.1, 0.15) is 36.8 Å². The van der Waals surface area contributed by atoms with Crippen molar-refractivity contribution in [3.8, 4) is 0 Å². The van der Waals surface area contributed by atoms with E-state index in [0.29, 0.717) is 18.4 Å². The second-order valence-electron chi connectivity index (χ2n) is 9.60. The van der Waals surface area contributed by atoms with Crippen LogP contribution in [0.15, 0.2) is 32.9 Å². The summed E-state index contributed by atoms with van der Waals surface area (Å²) in [6.07, 6.45) is 3.56. The molecule has 3 atom stereocenters. The molecule has 1 aromatic carbocycles. The number of carbonyl (C=O) groups is 2.